The number of nitrogens with zero attached hydrogens (tertiary/aromatic N) is 1. The summed E-state index contributed by atoms with van der Waals surface area (Å²) in [6.45, 7) is 4.83. The number of carbonyl (C=O) groups excluding carboxylic acids is 3. The maximum Gasteiger partial charge on any atom is 0.408 e. The Hall–Kier alpha value is -3.26. The fourth-order valence-electron chi connectivity index (χ4n) is 2.80. The SMILES string of the molecule is CC(C)(C)OC(=O)NCC(=O)CNC(=O)Cc1nc2ccc(-c3ccccc3)cc2s1. The molecule has 0 saturated carbocycles. The molecule has 0 saturated heterocycles. The number of alkyl carbamates (subject to hydrolysis) is 1. The van der Waals surface area contributed by atoms with Gasteiger partial charge in [0.25, 0.3) is 0 Å². The third-order valence-electron chi connectivity index (χ3n) is 4.16. The lowest BCUT2D eigenvalue weighted by molar-refractivity contribution is -0.124. The number of aromatic nitrogens is 1. The van der Waals surface area contributed by atoms with Crippen LogP contribution in [0.3, 0.4) is 0 Å². The van der Waals surface area contributed by atoms with Crippen LogP contribution in [0.4, 0.5) is 4.79 Å². The van der Waals surface area contributed by atoms with Crippen LogP contribution in [0.1, 0.15) is 25.8 Å². The second-order valence-electron chi connectivity index (χ2n) is 8.00. The summed E-state index contributed by atoms with van der Waals surface area (Å²) in [5, 5.41) is 5.62. The summed E-state index contributed by atoms with van der Waals surface area (Å²) >= 11 is 1.46. The molecule has 1 aromatic heterocycles. The number of benzene rings is 2. The third-order valence-corrected chi connectivity index (χ3v) is 5.18. The minimum Gasteiger partial charge on any atom is -0.444 e. The molecule has 2 aromatic carbocycles. The summed E-state index contributed by atoms with van der Waals surface area (Å²) in [6, 6.07) is 16.1. The highest BCUT2D eigenvalue weighted by atomic mass is 32.1. The van der Waals surface area contributed by atoms with E-state index >= 15 is 0 Å². The first-order valence-electron chi connectivity index (χ1n) is 9.90. The molecule has 0 spiro atoms. The van der Waals surface area contributed by atoms with Crippen LogP contribution in [0, 0.1) is 0 Å². The zero-order chi connectivity index (χ0) is 22.4. The largest absolute Gasteiger partial charge is 0.444 e. The second kappa shape index (κ2) is 9.70. The van der Waals surface area contributed by atoms with E-state index in [9.17, 15) is 14.4 Å². The quantitative estimate of drug-likeness (QED) is 0.585. The van der Waals surface area contributed by atoms with Gasteiger partial charge in [-0.3, -0.25) is 9.59 Å². The molecular formula is C23H25N3O4S. The Balaban J connectivity index is 1.50. The molecule has 0 aliphatic heterocycles. The normalized spacial score (nSPS) is 11.2. The number of hydrogen-bond donors (Lipinski definition) is 2. The van der Waals surface area contributed by atoms with Gasteiger partial charge in [-0.15, -0.1) is 11.3 Å². The van der Waals surface area contributed by atoms with E-state index in [-0.39, 0.29) is 31.2 Å². The number of Topliss-reactive ketones (excluding diaryl/α,β-unsaturated/α-hetero) is 1. The molecule has 0 bridgehead atoms. The summed E-state index contributed by atoms with van der Waals surface area (Å²) < 4.78 is 6.06. The molecule has 0 aliphatic rings. The van der Waals surface area contributed by atoms with Gasteiger partial charge < -0.3 is 15.4 Å². The maximum atomic E-state index is 12.2. The van der Waals surface area contributed by atoms with Crippen LogP contribution in [0.2, 0.25) is 0 Å². The van der Waals surface area contributed by atoms with E-state index in [1.54, 1.807) is 20.8 Å². The Kier molecular flexibility index (Phi) is 7.02. The Labute approximate surface area is 184 Å². The van der Waals surface area contributed by atoms with E-state index in [2.05, 4.69) is 21.7 Å². The van der Waals surface area contributed by atoms with Crippen molar-refractivity contribution in [2.75, 3.05) is 13.1 Å². The number of amides is 2. The number of carbonyl (C=O) groups is 3. The van der Waals surface area contributed by atoms with E-state index in [4.69, 9.17) is 4.74 Å². The smallest absolute Gasteiger partial charge is 0.408 e. The predicted octanol–water partition coefficient (Wildman–Crippen LogP) is 3.72. The summed E-state index contributed by atoms with van der Waals surface area (Å²) in [5.74, 6) is -0.621. The number of nitrogens with one attached hydrogen (secondary N) is 2. The average Bonchev–Trinajstić information content (AvgIpc) is 3.11. The standard InChI is InChI=1S/C23H25N3O4S/c1-23(2,3)30-22(29)25-14-17(27)13-24-20(28)12-21-26-18-10-9-16(11-19(18)31-21)15-7-5-4-6-8-15/h4-11H,12-14H2,1-3H3,(H,24,28)(H,25,29). The Bertz CT molecular complexity index is 1090. The molecule has 31 heavy (non-hydrogen) atoms. The van der Waals surface area contributed by atoms with Crippen LogP contribution in [0.15, 0.2) is 48.5 Å². The number of ether oxygens (including phenoxy) is 1. The van der Waals surface area contributed by atoms with Crippen molar-refractivity contribution in [2.45, 2.75) is 32.8 Å². The van der Waals surface area contributed by atoms with Gasteiger partial charge in [0.2, 0.25) is 5.91 Å². The van der Waals surface area contributed by atoms with Gasteiger partial charge in [0.15, 0.2) is 5.78 Å². The number of rotatable bonds is 7. The van der Waals surface area contributed by atoms with Crippen LogP contribution in [0.25, 0.3) is 21.3 Å². The number of ketones is 1. The lowest BCUT2D eigenvalue weighted by atomic mass is 10.1. The molecule has 8 heteroatoms. The highest BCUT2D eigenvalue weighted by Gasteiger charge is 2.17. The fraction of sp³-hybridized carbons (Fsp3) is 0.304. The predicted molar refractivity (Wildman–Crippen MR) is 121 cm³/mol. The number of fused-ring (bicyclic) bond motifs is 1. The van der Waals surface area contributed by atoms with Crippen molar-refractivity contribution in [2.24, 2.45) is 0 Å². The van der Waals surface area contributed by atoms with Gasteiger partial charge >= 0.3 is 6.09 Å². The van der Waals surface area contributed by atoms with Crippen LogP contribution >= 0.6 is 11.3 Å². The summed E-state index contributed by atoms with van der Waals surface area (Å²) in [6.07, 6.45) is -0.580. The highest BCUT2D eigenvalue weighted by molar-refractivity contribution is 7.18. The Morgan fingerprint density at radius 1 is 0.968 bits per heavy atom. The first-order chi connectivity index (χ1) is 14.7. The van der Waals surface area contributed by atoms with Crippen molar-refractivity contribution < 1.29 is 19.1 Å². The van der Waals surface area contributed by atoms with E-state index in [1.165, 1.54) is 11.3 Å². The number of thiazole rings is 1. The van der Waals surface area contributed by atoms with Gasteiger partial charge in [-0.25, -0.2) is 9.78 Å². The van der Waals surface area contributed by atoms with Crippen molar-refractivity contribution in [3.63, 3.8) is 0 Å². The molecule has 0 fully saturated rings. The molecule has 0 atom stereocenters. The van der Waals surface area contributed by atoms with Crippen molar-refractivity contribution in [3.8, 4) is 11.1 Å². The van der Waals surface area contributed by atoms with Gasteiger partial charge in [0.1, 0.15) is 10.6 Å². The van der Waals surface area contributed by atoms with Gasteiger partial charge in [0.05, 0.1) is 29.7 Å². The first-order valence-corrected chi connectivity index (χ1v) is 10.7. The molecule has 1 heterocycles. The van der Waals surface area contributed by atoms with Crippen LogP contribution in [-0.2, 0) is 20.7 Å². The molecule has 3 rings (SSSR count). The summed E-state index contributed by atoms with van der Waals surface area (Å²) in [4.78, 5) is 40.2. The van der Waals surface area contributed by atoms with Gasteiger partial charge in [-0.2, -0.15) is 0 Å². The van der Waals surface area contributed by atoms with Crippen molar-refractivity contribution in [1.29, 1.82) is 0 Å². The van der Waals surface area contributed by atoms with Crippen molar-refractivity contribution in [3.05, 3.63) is 53.5 Å². The molecule has 2 N–H and O–H groups in total. The summed E-state index contributed by atoms with van der Waals surface area (Å²) in [7, 11) is 0. The molecule has 7 nitrogen and oxygen atoms in total. The third kappa shape index (κ3) is 6.89. The molecule has 0 radical (unpaired) electrons. The van der Waals surface area contributed by atoms with E-state index in [1.807, 2.05) is 42.5 Å². The Morgan fingerprint density at radius 2 is 1.68 bits per heavy atom. The van der Waals surface area contributed by atoms with E-state index < -0.39 is 11.7 Å². The van der Waals surface area contributed by atoms with Crippen molar-refractivity contribution >= 4 is 39.3 Å². The molecule has 2 amide bonds. The van der Waals surface area contributed by atoms with Crippen LogP contribution in [-0.4, -0.2) is 41.5 Å². The average molecular weight is 440 g/mol. The van der Waals surface area contributed by atoms with E-state index in [0.29, 0.717) is 5.01 Å². The van der Waals surface area contributed by atoms with Crippen LogP contribution < -0.4 is 10.6 Å². The molecule has 0 unspecified atom stereocenters. The molecule has 0 aliphatic carbocycles. The Morgan fingerprint density at radius 3 is 2.39 bits per heavy atom. The zero-order valence-electron chi connectivity index (χ0n) is 17.7. The summed E-state index contributed by atoms with van der Waals surface area (Å²) in [5.41, 5.74) is 2.41. The highest BCUT2D eigenvalue weighted by Crippen LogP contribution is 2.28. The second-order valence-corrected chi connectivity index (χ2v) is 9.12. The van der Waals surface area contributed by atoms with Gasteiger partial charge in [-0.1, -0.05) is 36.4 Å². The monoisotopic (exact) mass is 439 g/mol. The minimum absolute atomic E-state index is 0.0901. The molecule has 162 valence electrons. The topological polar surface area (TPSA) is 97.4 Å². The fourth-order valence-corrected chi connectivity index (χ4v) is 3.81. The number of hydrogen-bond acceptors (Lipinski definition) is 6. The first kappa shape index (κ1) is 22.4. The zero-order valence-corrected chi connectivity index (χ0v) is 18.5. The lowest BCUT2D eigenvalue weighted by Gasteiger charge is -2.19. The molecule has 3 aromatic rings. The van der Waals surface area contributed by atoms with Crippen molar-refractivity contribution in [1.82, 2.24) is 15.6 Å². The van der Waals surface area contributed by atoms with Gasteiger partial charge in [0, 0.05) is 0 Å². The maximum absolute atomic E-state index is 12.2. The lowest BCUT2D eigenvalue weighted by Crippen LogP contribution is -2.39. The van der Waals surface area contributed by atoms with Crippen LogP contribution in [0.5, 0.6) is 0 Å². The molecular weight excluding hydrogens is 414 g/mol. The van der Waals surface area contributed by atoms with Gasteiger partial charge in [-0.05, 0) is 44.0 Å². The van der Waals surface area contributed by atoms with E-state index in [0.717, 1.165) is 21.3 Å². The minimum atomic E-state index is -0.670.